The molecular weight excluding hydrogens is 274 g/mol. The molecule has 5 nitrogen and oxygen atoms in total. The summed E-state index contributed by atoms with van der Waals surface area (Å²) in [6, 6.07) is 0. The largest absolute Gasteiger partial charge is 0.390 e. The van der Waals surface area contributed by atoms with E-state index in [9.17, 15) is 5.11 Å². The van der Waals surface area contributed by atoms with Gasteiger partial charge in [0, 0.05) is 25.6 Å². The summed E-state index contributed by atoms with van der Waals surface area (Å²) in [5.41, 5.74) is -0.305. The number of aromatic nitrogens is 2. The Hall–Kier alpha value is -0.720. The Morgan fingerprint density at radius 2 is 2.10 bits per heavy atom. The number of ether oxygens (including phenoxy) is 1. The predicted octanol–water partition coefficient (Wildman–Crippen LogP) is 2.17. The van der Waals surface area contributed by atoms with Crippen LogP contribution < -0.4 is 4.90 Å². The Kier molecular flexibility index (Phi) is 3.97. The molecular formula is C14H23N3O2S. The van der Waals surface area contributed by atoms with E-state index < -0.39 is 0 Å². The topological polar surface area (TPSA) is 58.5 Å². The summed E-state index contributed by atoms with van der Waals surface area (Å²) in [5.74, 6) is 0.431. The molecule has 6 heteroatoms. The third kappa shape index (κ3) is 2.56. The van der Waals surface area contributed by atoms with Crippen molar-refractivity contribution in [3.8, 4) is 0 Å². The standard InChI is InChI=1S/C14H23N3O2S/c1-10(2)12-15-16-13(20-12)17-7-5-14(6-8-17)11(18)4-3-9-19-14/h10-11,18H,3-9H2,1-2H3. The average Bonchev–Trinajstić information content (AvgIpc) is 2.93. The minimum absolute atomic E-state index is 0.305. The molecule has 0 bridgehead atoms. The number of hydrogen-bond donors (Lipinski definition) is 1. The predicted molar refractivity (Wildman–Crippen MR) is 79.4 cm³/mol. The zero-order valence-corrected chi connectivity index (χ0v) is 13.0. The SMILES string of the molecule is CC(C)c1nnc(N2CCC3(CC2)OCCCC3O)s1. The number of piperidine rings is 1. The Labute approximate surface area is 124 Å². The van der Waals surface area contributed by atoms with Crippen LogP contribution in [0.1, 0.15) is 50.5 Å². The smallest absolute Gasteiger partial charge is 0.208 e. The molecule has 1 aromatic rings. The van der Waals surface area contributed by atoms with Crippen molar-refractivity contribution in [1.82, 2.24) is 10.2 Å². The lowest BCUT2D eigenvalue weighted by Crippen LogP contribution is -2.55. The van der Waals surface area contributed by atoms with Crippen LogP contribution in [-0.2, 0) is 4.74 Å². The summed E-state index contributed by atoms with van der Waals surface area (Å²) in [7, 11) is 0. The van der Waals surface area contributed by atoms with Gasteiger partial charge in [0.05, 0.1) is 11.7 Å². The Bertz CT molecular complexity index is 455. The van der Waals surface area contributed by atoms with Crippen molar-refractivity contribution < 1.29 is 9.84 Å². The van der Waals surface area contributed by atoms with Crippen molar-refractivity contribution in [1.29, 1.82) is 0 Å². The van der Waals surface area contributed by atoms with Gasteiger partial charge >= 0.3 is 0 Å². The second kappa shape index (κ2) is 5.58. The van der Waals surface area contributed by atoms with Gasteiger partial charge in [0.2, 0.25) is 5.13 Å². The van der Waals surface area contributed by atoms with Crippen molar-refractivity contribution in [2.24, 2.45) is 0 Å². The van der Waals surface area contributed by atoms with Gasteiger partial charge in [-0.2, -0.15) is 0 Å². The monoisotopic (exact) mass is 297 g/mol. The molecule has 2 aliphatic rings. The first kappa shape index (κ1) is 14.2. The Morgan fingerprint density at radius 1 is 1.35 bits per heavy atom. The molecule has 2 fully saturated rings. The van der Waals surface area contributed by atoms with Crippen molar-refractivity contribution in [2.75, 3.05) is 24.6 Å². The number of hydrogen-bond acceptors (Lipinski definition) is 6. The van der Waals surface area contributed by atoms with Crippen molar-refractivity contribution in [3.05, 3.63) is 5.01 Å². The van der Waals surface area contributed by atoms with Gasteiger partial charge in [-0.1, -0.05) is 25.2 Å². The van der Waals surface area contributed by atoms with Crippen LogP contribution in [0.2, 0.25) is 0 Å². The second-order valence-corrected chi connectivity index (χ2v) is 7.12. The van der Waals surface area contributed by atoms with Crippen LogP contribution in [0.15, 0.2) is 0 Å². The highest BCUT2D eigenvalue weighted by atomic mass is 32.1. The number of aliphatic hydroxyl groups is 1. The first-order chi connectivity index (χ1) is 9.61. The van der Waals surface area contributed by atoms with Gasteiger partial charge in [0.1, 0.15) is 5.01 Å². The van der Waals surface area contributed by atoms with Gasteiger partial charge < -0.3 is 14.7 Å². The van der Waals surface area contributed by atoms with Crippen LogP contribution in [-0.4, -0.2) is 46.7 Å². The fourth-order valence-corrected chi connectivity index (χ4v) is 3.95. The van der Waals surface area contributed by atoms with E-state index >= 15 is 0 Å². The number of aliphatic hydroxyl groups excluding tert-OH is 1. The minimum atomic E-state index is -0.306. The molecule has 112 valence electrons. The number of rotatable bonds is 2. The Balaban J connectivity index is 1.65. The van der Waals surface area contributed by atoms with Gasteiger partial charge in [-0.3, -0.25) is 0 Å². The normalized spacial score (nSPS) is 26.4. The maximum atomic E-state index is 10.2. The molecule has 3 heterocycles. The quantitative estimate of drug-likeness (QED) is 0.906. The van der Waals surface area contributed by atoms with E-state index in [1.165, 1.54) is 0 Å². The molecule has 2 saturated heterocycles. The highest BCUT2D eigenvalue weighted by Crippen LogP contribution is 2.37. The highest BCUT2D eigenvalue weighted by molar-refractivity contribution is 7.15. The maximum Gasteiger partial charge on any atom is 0.208 e. The molecule has 0 saturated carbocycles. The second-order valence-electron chi connectivity index (χ2n) is 6.14. The fraction of sp³-hybridized carbons (Fsp3) is 0.857. The first-order valence-electron chi connectivity index (χ1n) is 7.51. The van der Waals surface area contributed by atoms with Crippen LogP contribution in [0.5, 0.6) is 0 Å². The molecule has 0 amide bonds. The van der Waals surface area contributed by atoms with Gasteiger partial charge in [0.15, 0.2) is 0 Å². The zero-order valence-electron chi connectivity index (χ0n) is 12.2. The number of anilines is 1. The molecule has 0 aromatic carbocycles. The van der Waals surface area contributed by atoms with Crippen molar-refractivity contribution in [2.45, 2.75) is 57.2 Å². The van der Waals surface area contributed by atoms with E-state index in [1.807, 2.05) is 0 Å². The lowest BCUT2D eigenvalue weighted by Gasteiger charge is -2.46. The molecule has 1 N–H and O–H groups in total. The van der Waals surface area contributed by atoms with E-state index in [0.29, 0.717) is 5.92 Å². The van der Waals surface area contributed by atoms with Crippen LogP contribution in [0, 0.1) is 0 Å². The third-order valence-corrected chi connectivity index (χ3v) is 5.71. The molecule has 0 aliphatic carbocycles. The van der Waals surface area contributed by atoms with Gasteiger partial charge in [-0.05, 0) is 25.7 Å². The summed E-state index contributed by atoms with van der Waals surface area (Å²) < 4.78 is 5.94. The highest BCUT2D eigenvalue weighted by Gasteiger charge is 2.44. The summed E-state index contributed by atoms with van der Waals surface area (Å²) in [5, 5.41) is 20.9. The van der Waals surface area contributed by atoms with Crippen molar-refractivity contribution >= 4 is 16.5 Å². The first-order valence-corrected chi connectivity index (χ1v) is 8.33. The molecule has 1 spiro atoms. The van der Waals surface area contributed by atoms with E-state index in [-0.39, 0.29) is 11.7 Å². The van der Waals surface area contributed by atoms with Gasteiger partial charge in [-0.15, -0.1) is 10.2 Å². The molecule has 1 aromatic heterocycles. The molecule has 20 heavy (non-hydrogen) atoms. The van der Waals surface area contributed by atoms with Crippen LogP contribution in [0.4, 0.5) is 5.13 Å². The zero-order chi connectivity index (χ0) is 14.2. The maximum absolute atomic E-state index is 10.2. The van der Waals surface area contributed by atoms with Crippen LogP contribution >= 0.6 is 11.3 Å². The number of nitrogens with zero attached hydrogens (tertiary/aromatic N) is 3. The molecule has 1 unspecified atom stereocenters. The van der Waals surface area contributed by atoms with Crippen LogP contribution in [0.25, 0.3) is 0 Å². The molecule has 0 radical (unpaired) electrons. The summed E-state index contributed by atoms with van der Waals surface area (Å²) in [6.07, 6.45) is 3.30. The average molecular weight is 297 g/mol. The van der Waals surface area contributed by atoms with E-state index in [4.69, 9.17) is 4.74 Å². The van der Waals surface area contributed by atoms with Crippen molar-refractivity contribution in [3.63, 3.8) is 0 Å². The van der Waals surface area contributed by atoms with E-state index in [0.717, 1.165) is 55.5 Å². The third-order valence-electron chi connectivity index (χ3n) is 4.42. The fourth-order valence-electron chi connectivity index (χ4n) is 3.05. The Morgan fingerprint density at radius 3 is 2.70 bits per heavy atom. The summed E-state index contributed by atoms with van der Waals surface area (Å²) in [6.45, 7) is 6.85. The molecule has 3 rings (SSSR count). The minimum Gasteiger partial charge on any atom is -0.390 e. The van der Waals surface area contributed by atoms with Crippen LogP contribution in [0.3, 0.4) is 0 Å². The van der Waals surface area contributed by atoms with E-state index in [1.54, 1.807) is 11.3 Å². The summed E-state index contributed by atoms with van der Waals surface area (Å²) in [4.78, 5) is 2.28. The summed E-state index contributed by atoms with van der Waals surface area (Å²) >= 11 is 1.68. The lowest BCUT2D eigenvalue weighted by atomic mass is 9.82. The van der Waals surface area contributed by atoms with E-state index in [2.05, 4.69) is 28.9 Å². The lowest BCUT2D eigenvalue weighted by molar-refractivity contribution is -0.164. The molecule has 2 aliphatic heterocycles. The molecule has 1 atom stereocenters. The van der Waals surface area contributed by atoms with Gasteiger partial charge in [-0.25, -0.2) is 0 Å². The van der Waals surface area contributed by atoms with Gasteiger partial charge in [0.25, 0.3) is 0 Å².